The van der Waals surface area contributed by atoms with Gasteiger partial charge in [-0.3, -0.25) is 0 Å². The molecule has 0 saturated carbocycles. The molecule has 0 heterocycles. The summed E-state index contributed by atoms with van der Waals surface area (Å²) in [6.07, 6.45) is 2.05. The Morgan fingerprint density at radius 2 is 1.92 bits per heavy atom. The standard InChI is InChI=1S/C8H19NO3S/c1-8(10,4-6-9-2)5-7-13(3,11)12/h9-10H,4-7H2,1-3H3. The summed E-state index contributed by atoms with van der Waals surface area (Å²) in [5.41, 5.74) is -0.883. The molecule has 0 fully saturated rings. The Hall–Kier alpha value is -0.130. The third kappa shape index (κ3) is 8.21. The first-order chi connectivity index (χ1) is 5.77. The predicted octanol–water partition coefficient (Wildman–Crippen LogP) is -0.218. The Balaban J connectivity index is 3.89. The minimum Gasteiger partial charge on any atom is -0.390 e. The monoisotopic (exact) mass is 209 g/mol. The second-order valence-electron chi connectivity index (χ2n) is 3.73. The van der Waals surface area contributed by atoms with Gasteiger partial charge >= 0.3 is 0 Å². The van der Waals surface area contributed by atoms with E-state index in [9.17, 15) is 13.5 Å². The molecule has 0 aromatic rings. The summed E-state index contributed by atoms with van der Waals surface area (Å²) in [6, 6.07) is 0. The van der Waals surface area contributed by atoms with Crippen molar-refractivity contribution in [3.05, 3.63) is 0 Å². The molecular weight excluding hydrogens is 190 g/mol. The van der Waals surface area contributed by atoms with Crippen LogP contribution in [0.5, 0.6) is 0 Å². The summed E-state index contributed by atoms with van der Waals surface area (Å²) in [4.78, 5) is 0. The zero-order valence-electron chi connectivity index (χ0n) is 8.50. The van der Waals surface area contributed by atoms with Crippen LogP contribution in [0, 0.1) is 0 Å². The van der Waals surface area contributed by atoms with Gasteiger partial charge in [0.15, 0.2) is 0 Å². The molecule has 4 nitrogen and oxygen atoms in total. The quantitative estimate of drug-likeness (QED) is 0.635. The highest BCUT2D eigenvalue weighted by Gasteiger charge is 2.21. The van der Waals surface area contributed by atoms with Crippen LogP contribution >= 0.6 is 0 Å². The van der Waals surface area contributed by atoms with Gasteiger partial charge in [0.25, 0.3) is 0 Å². The second kappa shape index (κ2) is 4.93. The average molecular weight is 209 g/mol. The third-order valence-electron chi connectivity index (χ3n) is 1.93. The zero-order valence-corrected chi connectivity index (χ0v) is 9.32. The highest BCUT2D eigenvalue weighted by Crippen LogP contribution is 2.14. The normalized spacial score (nSPS) is 16.9. The van der Waals surface area contributed by atoms with E-state index in [0.717, 1.165) is 0 Å². The van der Waals surface area contributed by atoms with Crippen molar-refractivity contribution in [2.24, 2.45) is 0 Å². The smallest absolute Gasteiger partial charge is 0.147 e. The Morgan fingerprint density at radius 3 is 2.31 bits per heavy atom. The van der Waals surface area contributed by atoms with Crippen molar-refractivity contribution in [1.29, 1.82) is 0 Å². The lowest BCUT2D eigenvalue weighted by Crippen LogP contribution is -2.31. The van der Waals surface area contributed by atoms with Crippen molar-refractivity contribution in [2.75, 3.05) is 25.6 Å². The van der Waals surface area contributed by atoms with Crippen LogP contribution < -0.4 is 5.32 Å². The lowest BCUT2D eigenvalue weighted by Gasteiger charge is -2.22. The molecule has 0 aromatic heterocycles. The molecule has 0 aliphatic heterocycles. The van der Waals surface area contributed by atoms with Crippen molar-refractivity contribution in [2.45, 2.75) is 25.4 Å². The van der Waals surface area contributed by atoms with Crippen LogP contribution in [0.15, 0.2) is 0 Å². The molecule has 13 heavy (non-hydrogen) atoms. The van der Waals surface area contributed by atoms with Crippen LogP contribution in [0.2, 0.25) is 0 Å². The number of rotatable bonds is 6. The molecule has 2 N–H and O–H groups in total. The van der Waals surface area contributed by atoms with Gasteiger partial charge in [0.1, 0.15) is 9.84 Å². The fourth-order valence-electron chi connectivity index (χ4n) is 0.925. The molecule has 1 unspecified atom stereocenters. The third-order valence-corrected chi connectivity index (χ3v) is 2.87. The lowest BCUT2D eigenvalue weighted by atomic mass is 9.99. The largest absolute Gasteiger partial charge is 0.390 e. The summed E-state index contributed by atoms with van der Waals surface area (Å²) >= 11 is 0. The summed E-state index contributed by atoms with van der Waals surface area (Å²) in [7, 11) is -1.16. The van der Waals surface area contributed by atoms with E-state index in [2.05, 4.69) is 5.32 Å². The van der Waals surface area contributed by atoms with Crippen LogP contribution in [-0.2, 0) is 9.84 Å². The molecular formula is C8H19NO3S. The van der Waals surface area contributed by atoms with E-state index in [4.69, 9.17) is 0 Å². The highest BCUT2D eigenvalue weighted by atomic mass is 32.2. The number of hydrogen-bond donors (Lipinski definition) is 2. The second-order valence-corrected chi connectivity index (χ2v) is 5.99. The van der Waals surface area contributed by atoms with Gasteiger partial charge in [0, 0.05) is 6.26 Å². The Kier molecular flexibility index (Phi) is 4.88. The lowest BCUT2D eigenvalue weighted by molar-refractivity contribution is 0.0485. The topological polar surface area (TPSA) is 66.4 Å². The maximum Gasteiger partial charge on any atom is 0.147 e. The van der Waals surface area contributed by atoms with Gasteiger partial charge in [-0.2, -0.15) is 0 Å². The van der Waals surface area contributed by atoms with Crippen molar-refractivity contribution in [3.8, 4) is 0 Å². The number of nitrogens with one attached hydrogen (secondary N) is 1. The van der Waals surface area contributed by atoms with Crippen molar-refractivity contribution < 1.29 is 13.5 Å². The number of sulfone groups is 1. The minimum atomic E-state index is -2.96. The van der Waals surface area contributed by atoms with Gasteiger partial charge < -0.3 is 10.4 Å². The van der Waals surface area contributed by atoms with Crippen LogP contribution in [0.4, 0.5) is 0 Å². The number of aliphatic hydroxyl groups is 1. The Morgan fingerprint density at radius 1 is 1.38 bits per heavy atom. The average Bonchev–Trinajstić information content (AvgIpc) is 1.97. The first-order valence-electron chi connectivity index (χ1n) is 4.31. The summed E-state index contributed by atoms with van der Waals surface area (Å²) in [6.45, 7) is 2.35. The molecule has 5 heteroatoms. The summed E-state index contributed by atoms with van der Waals surface area (Å²) in [5.74, 6) is 0.0454. The molecule has 0 rings (SSSR count). The van der Waals surface area contributed by atoms with Gasteiger partial charge in [-0.15, -0.1) is 0 Å². The van der Waals surface area contributed by atoms with Crippen LogP contribution in [0.25, 0.3) is 0 Å². The first kappa shape index (κ1) is 12.9. The van der Waals surface area contributed by atoms with E-state index in [0.29, 0.717) is 19.4 Å². The van der Waals surface area contributed by atoms with Crippen LogP contribution in [0.3, 0.4) is 0 Å². The highest BCUT2D eigenvalue weighted by molar-refractivity contribution is 7.90. The molecule has 80 valence electrons. The Bertz CT molecular complexity index is 234. The van der Waals surface area contributed by atoms with Crippen molar-refractivity contribution >= 4 is 9.84 Å². The van der Waals surface area contributed by atoms with E-state index in [1.807, 2.05) is 0 Å². The van der Waals surface area contributed by atoms with Gasteiger partial charge in [0.2, 0.25) is 0 Å². The number of hydrogen-bond acceptors (Lipinski definition) is 4. The van der Waals surface area contributed by atoms with E-state index in [1.54, 1.807) is 14.0 Å². The van der Waals surface area contributed by atoms with E-state index < -0.39 is 15.4 Å². The van der Waals surface area contributed by atoms with Gasteiger partial charge in [0.05, 0.1) is 11.4 Å². The molecule has 0 aliphatic carbocycles. The van der Waals surface area contributed by atoms with Crippen LogP contribution in [0.1, 0.15) is 19.8 Å². The van der Waals surface area contributed by atoms with E-state index in [1.165, 1.54) is 6.26 Å². The molecule has 0 saturated heterocycles. The fourth-order valence-corrected chi connectivity index (χ4v) is 1.74. The van der Waals surface area contributed by atoms with E-state index in [-0.39, 0.29) is 5.75 Å². The molecule has 0 aromatic carbocycles. The van der Waals surface area contributed by atoms with Crippen molar-refractivity contribution in [3.63, 3.8) is 0 Å². The minimum absolute atomic E-state index is 0.0454. The van der Waals surface area contributed by atoms with Gasteiger partial charge in [-0.1, -0.05) is 0 Å². The van der Waals surface area contributed by atoms with Crippen LogP contribution in [-0.4, -0.2) is 44.7 Å². The maximum atomic E-state index is 10.8. The molecule has 0 amide bonds. The van der Waals surface area contributed by atoms with Gasteiger partial charge in [-0.05, 0) is 33.4 Å². The van der Waals surface area contributed by atoms with Gasteiger partial charge in [-0.25, -0.2) is 8.42 Å². The molecule has 1 atom stereocenters. The van der Waals surface area contributed by atoms with E-state index >= 15 is 0 Å². The summed E-state index contributed by atoms with van der Waals surface area (Å²) < 4.78 is 21.6. The molecule has 0 spiro atoms. The maximum absolute atomic E-state index is 10.8. The predicted molar refractivity (Wildman–Crippen MR) is 53.5 cm³/mol. The zero-order chi connectivity index (χ0) is 10.5. The fraction of sp³-hybridized carbons (Fsp3) is 1.00. The first-order valence-corrected chi connectivity index (χ1v) is 6.38. The molecule has 0 aliphatic rings. The van der Waals surface area contributed by atoms with Crippen molar-refractivity contribution in [1.82, 2.24) is 5.32 Å². The summed E-state index contributed by atoms with van der Waals surface area (Å²) in [5, 5.41) is 12.6. The molecule has 0 radical (unpaired) electrons. The SMILES string of the molecule is CNCCC(C)(O)CCS(C)(=O)=O. The Labute approximate surface area is 80.3 Å². The molecule has 0 bridgehead atoms.